The van der Waals surface area contributed by atoms with Crippen molar-refractivity contribution in [3.05, 3.63) is 51.9 Å². The quantitative estimate of drug-likeness (QED) is 0.491. The van der Waals surface area contributed by atoms with Crippen LogP contribution in [0.4, 0.5) is 11.5 Å². The summed E-state index contributed by atoms with van der Waals surface area (Å²) in [4.78, 5) is 16.4. The van der Waals surface area contributed by atoms with Gasteiger partial charge in [-0.2, -0.15) is 0 Å². The second-order valence-corrected chi connectivity index (χ2v) is 6.18. The van der Waals surface area contributed by atoms with Crippen molar-refractivity contribution in [2.75, 3.05) is 10.7 Å². The molecule has 2 aromatic heterocycles. The molecule has 4 N–H and O–H groups in total. The molecule has 7 heteroatoms. The SMILES string of the molecule is NNc1ncc(Br)cc1C(=O)Nc1ccc2sccc2c1. The van der Waals surface area contributed by atoms with Crippen molar-refractivity contribution in [3.63, 3.8) is 0 Å². The summed E-state index contributed by atoms with van der Waals surface area (Å²) < 4.78 is 1.89. The van der Waals surface area contributed by atoms with Gasteiger partial charge in [0.1, 0.15) is 0 Å². The van der Waals surface area contributed by atoms with Gasteiger partial charge in [-0.25, -0.2) is 10.8 Å². The van der Waals surface area contributed by atoms with E-state index in [0.717, 1.165) is 11.1 Å². The molecule has 0 atom stereocenters. The summed E-state index contributed by atoms with van der Waals surface area (Å²) in [6, 6.07) is 9.48. The molecule has 0 aliphatic rings. The van der Waals surface area contributed by atoms with Crippen molar-refractivity contribution in [1.82, 2.24) is 4.98 Å². The Kier molecular flexibility index (Phi) is 3.87. The molecule has 0 spiro atoms. The van der Waals surface area contributed by atoms with E-state index in [1.165, 1.54) is 4.70 Å². The van der Waals surface area contributed by atoms with Crippen LogP contribution in [0.25, 0.3) is 10.1 Å². The van der Waals surface area contributed by atoms with E-state index in [1.54, 1.807) is 23.6 Å². The van der Waals surface area contributed by atoms with E-state index in [2.05, 4.69) is 31.7 Å². The van der Waals surface area contributed by atoms with Gasteiger partial charge >= 0.3 is 0 Å². The number of aromatic nitrogens is 1. The minimum atomic E-state index is -0.272. The highest BCUT2D eigenvalue weighted by Crippen LogP contribution is 2.25. The number of rotatable bonds is 3. The zero-order valence-corrected chi connectivity index (χ0v) is 13.2. The second kappa shape index (κ2) is 5.80. The van der Waals surface area contributed by atoms with Gasteiger partial charge < -0.3 is 10.7 Å². The standard InChI is InChI=1S/C14H11BrN4OS/c15-9-6-11(13(19-16)17-7-9)14(20)18-10-1-2-12-8(5-10)3-4-21-12/h1-7H,16H2,(H,17,19)(H,18,20). The molecule has 0 saturated heterocycles. The van der Waals surface area contributed by atoms with Crippen LogP contribution in [-0.2, 0) is 0 Å². The van der Waals surface area contributed by atoms with Gasteiger partial charge in [0.05, 0.1) is 5.56 Å². The summed E-state index contributed by atoms with van der Waals surface area (Å²) in [5, 5.41) is 5.97. The molecule has 5 nitrogen and oxygen atoms in total. The smallest absolute Gasteiger partial charge is 0.259 e. The Morgan fingerprint density at radius 2 is 2.14 bits per heavy atom. The first-order chi connectivity index (χ1) is 10.2. The first-order valence-corrected chi connectivity index (χ1v) is 7.75. The first kappa shape index (κ1) is 14.0. The summed E-state index contributed by atoms with van der Waals surface area (Å²) in [6.07, 6.45) is 1.57. The van der Waals surface area contributed by atoms with Gasteiger partial charge in [-0.05, 0) is 57.0 Å². The van der Waals surface area contributed by atoms with Crippen LogP contribution < -0.4 is 16.6 Å². The number of nitrogens with zero attached hydrogens (tertiary/aromatic N) is 1. The van der Waals surface area contributed by atoms with Crippen molar-refractivity contribution in [2.45, 2.75) is 0 Å². The Labute approximate surface area is 133 Å². The highest BCUT2D eigenvalue weighted by Gasteiger charge is 2.13. The molecule has 0 saturated carbocycles. The van der Waals surface area contributed by atoms with E-state index in [4.69, 9.17) is 5.84 Å². The Bertz CT molecular complexity index is 818. The number of nitrogen functional groups attached to an aromatic ring is 1. The molecule has 21 heavy (non-hydrogen) atoms. The Morgan fingerprint density at radius 3 is 2.95 bits per heavy atom. The third kappa shape index (κ3) is 2.90. The number of carbonyl (C=O) groups is 1. The molecule has 3 aromatic rings. The molecule has 0 unspecified atom stereocenters. The Balaban J connectivity index is 1.90. The number of pyridine rings is 1. The molecule has 0 bridgehead atoms. The van der Waals surface area contributed by atoms with Crippen LogP contribution in [0.1, 0.15) is 10.4 Å². The molecule has 0 aliphatic carbocycles. The second-order valence-electron chi connectivity index (χ2n) is 4.32. The van der Waals surface area contributed by atoms with Gasteiger partial charge in [-0.15, -0.1) is 11.3 Å². The van der Waals surface area contributed by atoms with Crippen molar-refractivity contribution in [3.8, 4) is 0 Å². The topological polar surface area (TPSA) is 80.0 Å². The number of halogens is 1. The van der Waals surface area contributed by atoms with Gasteiger partial charge in [-0.1, -0.05) is 0 Å². The minimum Gasteiger partial charge on any atom is -0.322 e. The lowest BCUT2D eigenvalue weighted by Gasteiger charge is -2.09. The Morgan fingerprint density at radius 1 is 1.29 bits per heavy atom. The monoisotopic (exact) mass is 362 g/mol. The molecule has 0 fully saturated rings. The van der Waals surface area contributed by atoms with Crippen LogP contribution >= 0.6 is 27.3 Å². The molecular weight excluding hydrogens is 352 g/mol. The molecular formula is C14H11BrN4OS. The summed E-state index contributed by atoms with van der Waals surface area (Å²) in [7, 11) is 0. The minimum absolute atomic E-state index is 0.272. The number of fused-ring (bicyclic) bond motifs is 1. The molecule has 1 aromatic carbocycles. The molecule has 0 radical (unpaired) electrons. The maximum atomic E-state index is 12.4. The third-order valence-corrected chi connectivity index (χ3v) is 4.28. The maximum absolute atomic E-state index is 12.4. The van der Waals surface area contributed by atoms with Crippen molar-refractivity contribution >= 4 is 54.8 Å². The summed E-state index contributed by atoms with van der Waals surface area (Å²) in [6.45, 7) is 0. The zero-order chi connectivity index (χ0) is 14.8. The molecule has 106 valence electrons. The number of benzene rings is 1. The van der Waals surface area contributed by atoms with Gasteiger partial charge in [0.25, 0.3) is 5.91 Å². The Hall–Kier alpha value is -1.96. The number of carbonyl (C=O) groups excluding carboxylic acids is 1. The normalized spacial score (nSPS) is 10.6. The number of amides is 1. The van der Waals surface area contributed by atoms with E-state index in [0.29, 0.717) is 15.9 Å². The van der Waals surface area contributed by atoms with Crippen molar-refractivity contribution in [1.29, 1.82) is 0 Å². The molecule has 3 rings (SSSR count). The van der Waals surface area contributed by atoms with Crippen LogP contribution in [0.2, 0.25) is 0 Å². The average Bonchev–Trinajstić information content (AvgIpc) is 2.94. The lowest BCUT2D eigenvalue weighted by atomic mass is 10.2. The molecule has 2 heterocycles. The number of hydrogen-bond donors (Lipinski definition) is 3. The zero-order valence-electron chi connectivity index (χ0n) is 10.8. The van der Waals surface area contributed by atoms with E-state index in [9.17, 15) is 4.79 Å². The fourth-order valence-corrected chi connectivity index (χ4v) is 3.07. The van der Waals surface area contributed by atoms with E-state index in [-0.39, 0.29) is 5.91 Å². The summed E-state index contributed by atoms with van der Waals surface area (Å²) >= 11 is 4.96. The number of anilines is 2. The fraction of sp³-hybridized carbons (Fsp3) is 0. The predicted octanol–water partition coefficient (Wildman–Crippen LogP) is 3.60. The third-order valence-electron chi connectivity index (χ3n) is 2.95. The number of nitrogens with one attached hydrogen (secondary N) is 2. The number of hydrazine groups is 1. The number of nitrogens with two attached hydrogens (primary N) is 1. The van der Waals surface area contributed by atoms with Gasteiger partial charge in [0.15, 0.2) is 5.82 Å². The van der Waals surface area contributed by atoms with E-state index >= 15 is 0 Å². The van der Waals surface area contributed by atoms with Crippen molar-refractivity contribution < 1.29 is 4.79 Å². The molecule has 0 aliphatic heterocycles. The van der Waals surface area contributed by atoms with E-state index in [1.807, 2.05) is 29.6 Å². The largest absolute Gasteiger partial charge is 0.322 e. The predicted molar refractivity (Wildman–Crippen MR) is 89.5 cm³/mol. The highest BCUT2D eigenvalue weighted by molar-refractivity contribution is 9.10. The van der Waals surface area contributed by atoms with Crippen LogP contribution in [0.15, 0.2) is 46.4 Å². The fourth-order valence-electron chi connectivity index (χ4n) is 1.97. The van der Waals surface area contributed by atoms with Crippen LogP contribution in [0, 0.1) is 0 Å². The highest BCUT2D eigenvalue weighted by atomic mass is 79.9. The average molecular weight is 363 g/mol. The number of hydrogen-bond acceptors (Lipinski definition) is 5. The van der Waals surface area contributed by atoms with Crippen molar-refractivity contribution in [2.24, 2.45) is 5.84 Å². The van der Waals surface area contributed by atoms with Gasteiger partial charge in [0, 0.05) is 21.1 Å². The first-order valence-electron chi connectivity index (χ1n) is 6.08. The summed E-state index contributed by atoms with van der Waals surface area (Å²) in [5.74, 6) is 5.44. The molecule has 1 amide bonds. The number of thiophene rings is 1. The van der Waals surface area contributed by atoms with Crippen LogP contribution in [-0.4, -0.2) is 10.9 Å². The van der Waals surface area contributed by atoms with Crippen LogP contribution in [0.5, 0.6) is 0 Å². The van der Waals surface area contributed by atoms with Crippen LogP contribution in [0.3, 0.4) is 0 Å². The lowest BCUT2D eigenvalue weighted by molar-refractivity contribution is 0.102. The summed E-state index contributed by atoms with van der Waals surface area (Å²) in [5.41, 5.74) is 3.53. The lowest BCUT2D eigenvalue weighted by Crippen LogP contribution is -2.18. The van der Waals surface area contributed by atoms with Gasteiger partial charge in [0.2, 0.25) is 0 Å². The maximum Gasteiger partial charge on any atom is 0.259 e. The van der Waals surface area contributed by atoms with Gasteiger partial charge in [-0.3, -0.25) is 4.79 Å². The van der Waals surface area contributed by atoms with E-state index < -0.39 is 0 Å².